The van der Waals surface area contributed by atoms with Gasteiger partial charge in [-0.15, -0.1) is 0 Å². The highest BCUT2D eigenvalue weighted by molar-refractivity contribution is 5.71. The maximum atomic E-state index is 10.4. The highest BCUT2D eigenvalue weighted by atomic mass is 16.5. The third kappa shape index (κ3) is 3.90. The Kier molecular flexibility index (Phi) is 4.79. The Morgan fingerprint density at radius 1 is 1.50 bits per heavy atom. The number of carboxylic acids is 1. The molecule has 0 unspecified atom stereocenters. The van der Waals surface area contributed by atoms with Gasteiger partial charge >= 0.3 is 5.97 Å². The predicted octanol–water partition coefficient (Wildman–Crippen LogP) is 1.46. The molecule has 0 heterocycles. The summed E-state index contributed by atoms with van der Waals surface area (Å²) in [5.41, 5.74) is 1.08. The zero-order valence-corrected chi connectivity index (χ0v) is 9.22. The fourth-order valence-electron chi connectivity index (χ4n) is 1.45. The van der Waals surface area contributed by atoms with E-state index in [0.29, 0.717) is 6.42 Å². The first-order valence-corrected chi connectivity index (χ1v) is 5.17. The van der Waals surface area contributed by atoms with Gasteiger partial charge in [0.05, 0.1) is 7.11 Å². The Morgan fingerprint density at radius 2 is 2.25 bits per heavy atom. The molecule has 1 rings (SSSR count). The Balaban J connectivity index is 2.39. The maximum Gasteiger partial charge on any atom is 0.332 e. The van der Waals surface area contributed by atoms with Crippen LogP contribution in [0.3, 0.4) is 0 Å². The molecule has 0 aliphatic carbocycles. The van der Waals surface area contributed by atoms with E-state index in [1.54, 1.807) is 7.11 Å². The van der Waals surface area contributed by atoms with Crippen LogP contribution < -0.4 is 4.74 Å². The summed E-state index contributed by atoms with van der Waals surface area (Å²) in [6.07, 6.45) is 0.389. The van der Waals surface area contributed by atoms with Crippen LogP contribution in [-0.4, -0.2) is 29.4 Å². The number of benzene rings is 1. The molecule has 1 aromatic carbocycles. The Hall–Kier alpha value is -1.55. The third-order valence-corrected chi connectivity index (χ3v) is 2.36. The second-order valence-corrected chi connectivity index (χ2v) is 3.60. The summed E-state index contributed by atoms with van der Waals surface area (Å²) in [5.74, 6) is -0.373. The molecule has 0 aliphatic rings. The van der Waals surface area contributed by atoms with Crippen LogP contribution in [0.5, 0.6) is 5.75 Å². The standard InChI is InChI=1S/C12H16O4/c1-16-10-6-2-4-9(8-10)5-3-7-11(13)12(14)15/h2,4,6,8,11,13H,3,5,7H2,1H3,(H,14,15)/t11-/m0/s1. The fourth-order valence-corrected chi connectivity index (χ4v) is 1.45. The molecule has 1 aromatic rings. The minimum Gasteiger partial charge on any atom is -0.497 e. The Morgan fingerprint density at radius 3 is 2.88 bits per heavy atom. The molecule has 4 nitrogen and oxygen atoms in total. The normalized spacial score (nSPS) is 12.1. The molecule has 0 saturated heterocycles. The largest absolute Gasteiger partial charge is 0.497 e. The van der Waals surface area contributed by atoms with Crippen molar-refractivity contribution in [2.75, 3.05) is 7.11 Å². The summed E-state index contributed by atoms with van der Waals surface area (Å²) in [6.45, 7) is 0. The molecule has 1 atom stereocenters. The summed E-state index contributed by atoms with van der Waals surface area (Å²) < 4.78 is 5.08. The van der Waals surface area contributed by atoms with Crippen molar-refractivity contribution in [1.82, 2.24) is 0 Å². The van der Waals surface area contributed by atoms with Crippen molar-refractivity contribution >= 4 is 5.97 Å². The minimum absolute atomic E-state index is 0.270. The highest BCUT2D eigenvalue weighted by Gasteiger charge is 2.11. The maximum absolute atomic E-state index is 10.4. The SMILES string of the molecule is COc1cccc(CCC[C@H](O)C(=O)O)c1. The monoisotopic (exact) mass is 224 g/mol. The van der Waals surface area contributed by atoms with Crippen molar-refractivity contribution in [3.8, 4) is 5.75 Å². The van der Waals surface area contributed by atoms with Crippen LogP contribution in [0.4, 0.5) is 0 Å². The van der Waals surface area contributed by atoms with Crippen LogP contribution in [0.1, 0.15) is 18.4 Å². The van der Waals surface area contributed by atoms with E-state index in [2.05, 4.69) is 0 Å². The van der Waals surface area contributed by atoms with Crippen molar-refractivity contribution < 1.29 is 19.7 Å². The summed E-state index contributed by atoms with van der Waals surface area (Å²) in [6, 6.07) is 7.61. The molecular weight excluding hydrogens is 208 g/mol. The molecule has 0 radical (unpaired) electrons. The van der Waals surface area contributed by atoms with E-state index >= 15 is 0 Å². The molecule has 4 heteroatoms. The first-order valence-electron chi connectivity index (χ1n) is 5.17. The number of hydrogen-bond acceptors (Lipinski definition) is 3. The molecule has 0 fully saturated rings. The summed E-state index contributed by atoms with van der Waals surface area (Å²) in [4.78, 5) is 10.4. The van der Waals surface area contributed by atoms with Gasteiger partial charge < -0.3 is 14.9 Å². The van der Waals surface area contributed by atoms with Crippen molar-refractivity contribution in [1.29, 1.82) is 0 Å². The first kappa shape index (κ1) is 12.5. The van der Waals surface area contributed by atoms with Crippen molar-refractivity contribution in [3.05, 3.63) is 29.8 Å². The second kappa shape index (κ2) is 6.12. The number of methoxy groups -OCH3 is 1. The van der Waals surface area contributed by atoms with Gasteiger partial charge in [-0.1, -0.05) is 12.1 Å². The molecule has 0 aliphatic heterocycles. The molecule has 0 spiro atoms. The smallest absolute Gasteiger partial charge is 0.332 e. The minimum atomic E-state index is -1.26. The van der Waals surface area contributed by atoms with E-state index in [1.165, 1.54) is 0 Å². The lowest BCUT2D eigenvalue weighted by Gasteiger charge is -2.06. The van der Waals surface area contributed by atoms with E-state index in [0.717, 1.165) is 17.7 Å². The van der Waals surface area contributed by atoms with E-state index in [-0.39, 0.29) is 6.42 Å². The van der Waals surface area contributed by atoms with Gasteiger partial charge in [0, 0.05) is 0 Å². The number of carboxylic acid groups (broad SMARTS) is 1. The van der Waals surface area contributed by atoms with Gasteiger partial charge in [0.25, 0.3) is 0 Å². The van der Waals surface area contributed by atoms with Gasteiger partial charge in [-0.3, -0.25) is 0 Å². The summed E-state index contributed by atoms with van der Waals surface area (Å²) in [5, 5.41) is 17.6. The summed E-state index contributed by atoms with van der Waals surface area (Å²) >= 11 is 0. The second-order valence-electron chi connectivity index (χ2n) is 3.60. The van der Waals surface area contributed by atoms with Crippen LogP contribution in [0.25, 0.3) is 0 Å². The fraction of sp³-hybridized carbons (Fsp3) is 0.417. The van der Waals surface area contributed by atoms with Gasteiger partial charge in [0.15, 0.2) is 6.10 Å². The van der Waals surface area contributed by atoms with Crippen molar-refractivity contribution in [2.24, 2.45) is 0 Å². The van der Waals surface area contributed by atoms with Crippen LogP contribution in [0.15, 0.2) is 24.3 Å². The zero-order valence-electron chi connectivity index (χ0n) is 9.22. The zero-order chi connectivity index (χ0) is 12.0. The van der Waals surface area contributed by atoms with E-state index in [9.17, 15) is 4.79 Å². The highest BCUT2D eigenvalue weighted by Crippen LogP contribution is 2.14. The third-order valence-electron chi connectivity index (χ3n) is 2.36. The van der Waals surface area contributed by atoms with Crippen LogP contribution in [-0.2, 0) is 11.2 Å². The van der Waals surface area contributed by atoms with Crippen LogP contribution >= 0.6 is 0 Å². The van der Waals surface area contributed by atoms with E-state index < -0.39 is 12.1 Å². The first-order chi connectivity index (χ1) is 7.63. The average Bonchev–Trinajstić information content (AvgIpc) is 2.29. The Labute approximate surface area is 94.5 Å². The molecule has 2 N–H and O–H groups in total. The van der Waals surface area contributed by atoms with Crippen molar-refractivity contribution in [2.45, 2.75) is 25.4 Å². The number of ether oxygens (including phenoxy) is 1. The van der Waals surface area contributed by atoms with Gasteiger partial charge in [0.2, 0.25) is 0 Å². The number of aliphatic carboxylic acids is 1. The molecule has 16 heavy (non-hydrogen) atoms. The Bertz CT molecular complexity index is 349. The predicted molar refractivity (Wildman–Crippen MR) is 59.6 cm³/mol. The molecule has 88 valence electrons. The van der Waals surface area contributed by atoms with E-state index in [4.69, 9.17) is 14.9 Å². The molecule has 0 saturated carbocycles. The molecule has 0 amide bonds. The molecule has 0 bridgehead atoms. The van der Waals surface area contributed by atoms with Gasteiger partial charge in [-0.25, -0.2) is 4.79 Å². The van der Waals surface area contributed by atoms with Crippen LogP contribution in [0, 0.1) is 0 Å². The average molecular weight is 224 g/mol. The van der Waals surface area contributed by atoms with E-state index in [1.807, 2.05) is 24.3 Å². The molecule has 0 aromatic heterocycles. The lowest BCUT2D eigenvalue weighted by Crippen LogP contribution is -2.19. The van der Waals surface area contributed by atoms with Crippen molar-refractivity contribution in [3.63, 3.8) is 0 Å². The van der Waals surface area contributed by atoms with Crippen LogP contribution in [0.2, 0.25) is 0 Å². The topological polar surface area (TPSA) is 66.8 Å². The number of hydrogen-bond donors (Lipinski definition) is 2. The number of rotatable bonds is 6. The summed E-state index contributed by atoms with van der Waals surface area (Å²) in [7, 11) is 1.60. The van der Waals surface area contributed by atoms with Gasteiger partial charge in [-0.2, -0.15) is 0 Å². The van der Waals surface area contributed by atoms with Gasteiger partial charge in [0.1, 0.15) is 5.75 Å². The lowest BCUT2D eigenvalue weighted by molar-refractivity contribution is -0.146. The number of aliphatic hydroxyl groups is 1. The number of carbonyl (C=O) groups is 1. The molecular formula is C12H16O4. The lowest BCUT2D eigenvalue weighted by atomic mass is 10.1. The quantitative estimate of drug-likeness (QED) is 0.767. The number of aliphatic hydroxyl groups excluding tert-OH is 1. The number of aryl methyl sites for hydroxylation is 1. The van der Waals surface area contributed by atoms with Gasteiger partial charge in [-0.05, 0) is 37.0 Å².